The molecule has 4 rings (SSSR count). The average molecular weight is 463 g/mol. The molecule has 0 unspecified atom stereocenters. The fourth-order valence-corrected chi connectivity index (χ4v) is 3.83. The van der Waals surface area contributed by atoms with Gasteiger partial charge in [0.1, 0.15) is 5.69 Å². The molecule has 0 N–H and O–H groups in total. The normalized spacial score (nSPS) is 14.8. The fraction of sp³-hybridized carbons (Fsp3) is 0.381. The molecule has 2 aromatic heterocycles. The topological polar surface area (TPSA) is 106 Å². The SMILES string of the molecule is CC(C)c1noc2ncc(C(=O)N3CCN(c4ccc(C(F)(F)F)cc4[N+](=O)[O-])CC3)cc12. The molecule has 0 saturated carbocycles. The molecular formula is C21H20F3N5O4. The maximum absolute atomic E-state index is 13.0. The van der Waals surface area contributed by atoms with Crippen LogP contribution >= 0.6 is 0 Å². The number of nitrogens with zero attached hydrogens (tertiary/aromatic N) is 5. The van der Waals surface area contributed by atoms with Crippen molar-refractivity contribution in [2.24, 2.45) is 0 Å². The minimum Gasteiger partial charge on any atom is -0.362 e. The van der Waals surface area contributed by atoms with Gasteiger partial charge in [-0.3, -0.25) is 14.9 Å². The van der Waals surface area contributed by atoms with E-state index >= 15 is 0 Å². The lowest BCUT2D eigenvalue weighted by Crippen LogP contribution is -2.49. The molecule has 1 fully saturated rings. The summed E-state index contributed by atoms with van der Waals surface area (Å²) in [6.45, 7) is 4.86. The molecular weight excluding hydrogens is 443 g/mol. The van der Waals surface area contributed by atoms with Crippen LogP contribution in [0.4, 0.5) is 24.5 Å². The number of anilines is 1. The number of carbonyl (C=O) groups is 1. The fourth-order valence-electron chi connectivity index (χ4n) is 3.83. The van der Waals surface area contributed by atoms with Gasteiger partial charge in [0, 0.05) is 38.4 Å². The van der Waals surface area contributed by atoms with E-state index in [1.807, 2.05) is 13.8 Å². The van der Waals surface area contributed by atoms with E-state index in [0.29, 0.717) is 28.4 Å². The summed E-state index contributed by atoms with van der Waals surface area (Å²) in [6.07, 6.45) is -3.27. The van der Waals surface area contributed by atoms with Crippen LogP contribution in [0, 0.1) is 10.1 Å². The second-order valence-corrected chi connectivity index (χ2v) is 8.04. The maximum Gasteiger partial charge on any atom is 0.416 e. The monoisotopic (exact) mass is 463 g/mol. The number of rotatable bonds is 4. The zero-order valence-corrected chi connectivity index (χ0v) is 17.8. The van der Waals surface area contributed by atoms with Crippen LogP contribution in [0.1, 0.15) is 41.4 Å². The molecule has 3 heterocycles. The van der Waals surface area contributed by atoms with E-state index in [2.05, 4.69) is 10.1 Å². The molecule has 1 saturated heterocycles. The lowest BCUT2D eigenvalue weighted by atomic mass is 10.1. The number of hydrogen-bond donors (Lipinski definition) is 0. The summed E-state index contributed by atoms with van der Waals surface area (Å²) in [5, 5.41) is 16.1. The summed E-state index contributed by atoms with van der Waals surface area (Å²) in [5.74, 6) is -0.177. The number of benzene rings is 1. The van der Waals surface area contributed by atoms with Gasteiger partial charge >= 0.3 is 6.18 Å². The number of nitro benzene ring substituents is 1. The van der Waals surface area contributed by atoms with Gasteiger partial charge in [0.2, 0.25) is 0 Å². The zero-order valence-electron chi connectivity index (χ0n) is 17.8. The van der Waals surface area contributed by atoms with Crippen LogP contribution in [0.3, 0.4) is 0 Å². The molecule has 0 bridgehead atoms. The number of pyridine rings is 1. The number of amides is 1. The number of piperazine rings is 1. The Morgan fingerprint density at radius 2 is 1.88 bits per heavy atom. The Kier molecular flexibility index (Phi) is 5.68. The predicted octanol–water partition coefficient (Wildman–Crippen LogP) is 4.24. The van der Waals surface area contributed by atoms with E-state index in [9.17, 15) is 28.1 Å². The zero-order chi connectivity index (χ0) is 23.9. The summed E-state index contributed by atoms with van der Waals surface area (Å²) in [6, 6.07) is 4.16. The van der Waals surface area contributed by atoms with Gasteiger partial charge in [-0.05, 0) is 24.1 Å². The second-order valence-electron chi connectivity index (χ2n) is 8.04. The van der Waals surface area contributed by atoms with E-state index in [1.165, 1.54) is 6.20 Å². The van der Waals surface area contributed by atoms with E-state index in [0.717, 1.165) is 12.1 Å². The van der Waals surface area contributed by atoms with Crippen LogP contribution in [0.25, 0.3) is 11.1 Å². The van der Waals surface area contributed by atoms with Crippen LogP contribution < -0.4 is 4.90 Å². The highest BCUT2D eigenvalue weighted by molar-refractivity contribution is 5.97. The molecule has 174 valence electrons. The highest BCUT2D eigenvalue weighted by Gasteiger charge is 2.34. The largest absolute Gasteiger partial charge is 0.416 e. The number of carbonyl (C=O) groups excluding carboxylic acids is 1. The molecule has 33 heavy (non-hydrogen) atoms. The molecule has 0 spiro atoms. The Balaban J connectivity index is 1.51. The maximum atomic E-state index is 13.0. The number of aromatic nitrogens is 2. The van der Waals surface area contributed by atoms with Gasteiger partial charge in [-0.1, -0.05) is 19.0 Å². The molecule has 0 atom stereocenters. The molecule has 0 aliphatic carbocycles. The molecule has 1 aliphatic heterocycles. The van der Waals surface area contributed by atoms with Crippen molar-refractivity contribution < 1.29 is 27.4 Å². The van der Waals surface area contributed by atoms with Crippen molar-refractivity contribution in [2.75, 3.05) is 31.1 Å². The Morgan fingerprint density at radius 1 is 1.18 bits per heavy atom. The minimum atomic E-state index is -4.68. The van der Waals surface area contributed by atoms with Crippen molar-refractivity contribution in [3.05, 3.63) is 57.4 Å². The van der Waals surface area contributed by atoms with Crippen LogP contribution in [0.2, 0.25) is 0 Å². The summed E-state index contributed by atoms with van der Waals surface area (Å²) in [5.41, 5.74) is -0.200. The number of fused-ring (bicyclic) bond motifs is 1. The van der Waals surface area contributed by atoms with Gasteiger partial charge in [0.05, 0.1) is 27.1 Å². The molecule has 1 aromatic carbocycles. The highest BCUT2D eigenvalue weighted by Crippen LogP contribution is 2.37. The van der Waals surface area contributed by atoms with Crippen molar-refractivity contribution >= 4 is 28.4 Å². The summed E-state index contributed by atoms with van der Waals surface area (Å²) < 4.78 is 44.1. The Morgan fingerprint density at radius 3 is 2.48 bits per heavy atom. The van der Waals surface area contributed by atoms with E-state index in [4.69, 9.17) is 4.52 Å². The lowest BCUT2D eigenvalue weighted by molar-refractivity contribution is -0.384. The van der Waals surface area contributed by atoms with Crippen LogP contribution in [-0.2, 0) is 6.18 Å². The first-order valence-corrected chi connectivity index (χ1v) is 10.2. The molecule has 12 heteroatoms. The van der Waals surface area contributed by atoms with Gasteiger partial charge < -0.3 is 14.3 Å². The van der Waals surface area contributed by atoms with Gasteiger partial charge in [0.15, 0.2) is 0 Å². The smallest absolute Gasteiger partial charge is 0.362 e. The highest BCUT2D eigenvalue weighted by atomic mass is 19.4. The van der Waals surface area contributed by atoms with Crippen molar-refractivity contribution in [1.29, 1.82) is 0 Å². The number of alkyl halides is 3. The summed E-state index contributed by atoms with van der Waals surface area (Å²) in [7, 11) is 0. The quantitative estimate of drug-likeness (QED) is 0.421. The first kappa shape index (κ1) is 22.5. The van der Waals surface area contributed by atoms with Crippen molar-refractivity contribution in [1.82, 2.24) is 15.0 Å². The van der Waals surface area contributed by atoms with Crippen molar-refractivity contribution in [3.63, 3.8) is 0 Å². The van der Waals surface area contributed by atoms with Crippen LogP contribution in [0.15, 0.2) is 35.0 Å². The Bertz CT molecular complexity index is 1220. The van der Waals surface area contributed by atoms with Gasteiger partial charge in [-0.25, -0.2) is 4.98 Å². The minimum absolute atomic E-state index is 0.0847. The predicted molar refractivity (Wildman–Crippen MR) is 112 cm³/mol. The molecule has 9 nitrogen and oxygen atoms in total. The summed E-state index contributed by atoms with van der Waals surface area (Å²) in [4.78, 5) is 30.9. The molecule has 1 aliphatic rings. The molecule has 1 amide bonds. The third kappa shape index (κ3) is 4.32. The molecule has 3 aromatic rings. The standard InChI is InChI=1S/C21H20F3N5O4/c1-12(2)18-15-9-13(11-25-19(15)33-26-18)20(30)28-7-5-27(6-8-28)16-4-3-14(21(22,23)24)10-17(16)29(31)32/h3-4,9-12H,5-8H2,1-2H3. The Hall–Kier alpha value is -3.70. The van der Waals surface area contributed by atoms with Crippen molar-refractivity contribution in [2.45, 2.75) is 25.9 Å². The van der Waals surface area contributed by atoms with Gasteiger partial charge in [0.25, 0.3) is 17.3 Å². The Labute approximate surface area is 185 Å². The van der Waals surface area contributed by atoms with Gasteiger partial charge in [-0.15, -0.1) is 0 Å². The lowest BCUT2D eigenvalue weighted by Gasteiger charge is -2.35. The van der Waals surface area contributed by atoms with Crippen molar-refractivity contribution in [3.8, 4) is 0 Å². The van der Waals surface area contributed by atoms with Gasteiger partial charge in [-0.2, -0.15) is 13.2 Å². The van der Waals surface area contributed by atoms with Crippen LogP contribution in [0.5, 0.6) is 0 Å². The second kappa shape index (κ2) is 8.34. The third-order valence-electron chi connectivity index (χ3n) is 5.56. The number of nitro groups is 1. The first-order valence-electron chi connectivity index (χ1n) is 10.2. The molecule has 0 radical (unpaired) electrons. The van der Waals surface area contributed by atoms with E-state index < -0.39 is 22.4 Å². The summed E-state index contributed by atoms with van der Waals surface area (Å²) >= 11 is 0. The van der Waals surface area contributed by atoms with E-state index in [-0.39, 0.29) is 43.7 Å². The number of hydrogen-bond acceptors (Lipinski definition) is 7. The number of halogens is 3. The van der Waals surface area contributed by atoms with Crippen LogP contribution in [-0.4, -0.2) is 52.1 Å². The average Bonchev–Trinajstić information content (AvgIpc) is 3.21. The third-order valence-corrected chi connectivity index (χ3v) is 5.56. The first-order chi connectivity index (χ1) is 15.6. The van der Waals surface area contributed by atoms with E-state index in [1.54, 1.807) is 15.9 Å².